The van der Waals surface area contributed by atoms with Gasteiger partial charge in [-0.1, -0.05) is 35.9 Å². The molecule has 1 saturated carbocycles. The normalized spacial score (nSPS) is 16.3. The Hall–Kier alpha value is -1.61. The predicted molar refractivity (Wildman–Crippen MR) is 76.4 cm³/mol. The van der Waals surface area contributed by atoms with Gasteiger partial charge in [-0.3, -0.25) is 4.79 Å². The average molecular weight is 275 g/mol. The summed E-state index contributed by atoms with van der Waals surface area (Å²) in [6.45, 7) is 2.04. The van der Waals surface area contributed by atoms with E-state index in [2.05, 4.69) is 10.3 Å². The molecule has 1 fully saturated rings. The van der Waals surface area contributed by atoms with E-state index >= 15 is 0 Å². The number of pyridine rings is 1. The number of rotatable bonds is 3. The Balaban J connectivity index is 1.89. The van der Waals surface area contributed by atoms with Gasteiger partial charge in [0.15, 0.2) is 0 Å². The van der Waals surface area contributed by atoms with Crippen molar-refractivity contribution < 1.29 is 4.79 Å². The molecule has 0 radical (unpaired) electrons. The number of aromatic nitrogens is 1. The summed E-state index contributed by atoms with van der Waals surface area (Å²) in [5.41, 5.74) is 0.385. The second kappa shape index (κ2) is 4.82. The number of carbonyl (C=O) groups excluding carboxylic acids is 1. The van der Waals surface area contributed by atoms with E-state index in [1.807, 2.05) is 31.2 Å². The minimum absolute atomic E-state index is 0.146. The molecule has 1 N–H and O–H groups in total. The molecule has 1 aliphatic carbocycles. The van der Waals surface area contributed by atoms with E-state index in [1.165, 1.54) is 12.8 Å². The summed E-state index contributed by atoms with van der Waals surface area (Å²) in [5.74, 6) is 0.479. The van der Waals surface area contributed by atoms with Crippen molar-refractivity contribution in [1.82, 2.24) is 10.3 Å². The second-order valence-electron chi connectivity index (χ2n) is 5.12. The van der Waals surface area contributed by atoms with Crippen LogP contribution in [-0.2, 0) is 0 Å². The summed E-state index contributed by atoms with van der Waals surface area (Å²) in [6, 6.07) is 9.66. The van der Waals surface area contributed by atoms with Crippen molar-refractivity contribution >= 4 is 28.3 Å². The maximum atomic E-state index is 12.2. The van der Waals surface area contributed by atoms with Crippen LogP contribution >= 0.6 is 11.6 Å². The number of fused-ring (bicyclic) bond motifs is 1. The third-order valence-electron chi connectivity index (χ3n) is 3.61. The van der Waals surface area contributed by atoms with Crippen molar-refractivity contribution in [2.45, 2.75) is 25.8 Å². The van der Waals surface area contributed by atoms with Crippen molar-refractivity contribution in [2.75, 3.05) is 0 Å². The van der Waals surface area contributed by atoms with Crippen molar-refractivity contribution in [3.63, 3.8) is 0 Å². The second-order valence-corrected chi connectivity index (χ2v) is 5.48. The summed E-state index contributed by atoms with van der Waals surface area (Å²) in [7, 11) is 0. The Bertz CT molecular complexity index is 637. The van der Waals surface area contributed by atoms with Gasteiger partial charge in [0.25, 0.3) is 5.91 Å². The Kier molecular flexibility index (Phi) is 3.15. The molecule has 2 aromatic rings. The molecular weight excluding hydrogens is 260 g/mol. The van der Waals surface area contributed by atoms with E-state index in [9.17, 15) is 4.79 Å². The Labute approximate surface area is 117 Å². The molecule has 0 bridgehead atoms. The van der Waals surface area contributed by atoms with E-state index in [0.717, 1.165) is 10.8 Å². The van der Waals surface area contributed by atoms with Crippen molar-refractivity contribution in [3.05, 3.63) is 41.2 Å². The van der Waals surface area contributed by atoms with Crippen LogP contribution in [0.3, 0.4) is 0 Å². The monoisotopic (exact) mass is 274 g/mol. The molecule has 0 saturated heterocycles. The van der Waals surface area contributed by atoms with Gasteiger partial charge in [-0.05, 0) is 37.1 Å². The zero-order chi connectivity index (χ0) is 13.4. The highest BCUT2D eigenvalue weighted by molar-refractivity contribution is 6.34. The topological polar surface area (TPSA) is 42.0 Å². The molecule has 0 spiro atoms. The molecule has 1 atom stereocenters. The van der Waals surface area contributed by atoms with Gasteiger partial charge in [0.2, 0.25) is 0 Å². The number of benzene rings is 1. The molecule has 4 heteroatoms. The number of carbonyl (C=O) groups is 1. The number of nitrogens with one attached hydrogen (secondary N) is 1. The fraction of sp³-hybridized carbons (Fsp3) is 0.333. The smallest absolute Gasteiger partial charge is 0.270 e. The van der Waals surface area contributed by atoms with Gasteiger partial charge in [-0.2, -0.15) is 0 Å². The van der Waals surface area contributed by atoms with Crippen molar-refractivity contribution in [1.29, 1.82) is 0 Å². The van der Waals surface area contributed by atoms with Gasteiger partial charge in [-0.15, -0.1) is 0 Å². The molecule has 1 aromatic heterocycles. The fourth-order valence-electron chi connectivity index (χ4n) is 2.27. The summed E-state index contributed by atoms with van der Waals surface area (Å²) in [6.07, 6.45) is 2.40. The van der Waals surface area contributed by atoms with Crippen LogP contribution in [0.2, 0.25) is 5.15 Å². The number of halogens is 1. The number of hydrogen-bond acceptors (Lipinski definition) is 2. The molecule has 1 heterocycles. The molecule has 3 rings (SSSR count). The average Bonchev–Trinajstić information content (AvgIpc) is 3.23. The van der Waals surface area contributed by atoms with Crippen LogP contribution in [0.25, 0.3) is 10.8 Å². The van der Waals surface area contributed by atoms with Gasteiger partial charge in [0, 0.05) is 11.4 Å². The van der Waals surface area contributed by atoms with Crippen LogP contribution in [0.4, 0.5) is 0 Å². The predicted octanol–water partition coefficient (Wildman–Crippen LogP) is 3.42. The lowest BCUT2D eigenvalue weighted by atomic mass is 10.1. The van der Waals surface area contributed by atoms with E-state index in [1.54, 1.807) is 6.07 Å². The molecule has 98 valence electrons. The Morgan fingerprint density at radius 1 is 1.42 bits per heavy atom. The van der Waals surface area contributed by atoms with Crippen LogP contribution in [0.15, 0.2) is 30.3 Å². The van der Waals surface area contributed by atoms with E-state index < -0.39 is 0 Å². The van der Waals surface area contributed by atoms with Gasteiger partial charge in [0.05, 0.1) is 0 Å². The van der Waals surface area contributed by atoms with Gasteiger partial charge in [-0.25, -0.2) is 4.98 Å². The summed E-state index contributed by atoms with van der Waals surface area (Å²) >= 11 is 6.13. The summed E-state index contributed by atoms with van der Waals surface area (Å²) in [4.78, 5) is 16.3. The molecule has 19 heavy (non-hydrogen) atoms. The van der Waals surface area contributed by atoms with Gasteiger partial charge < -0.3 is 5.32 Å². The quantitative estimate of drug-likeness (QED) is 0.872. The molecule has 1 unspecified atom stereocenters. The lowest BCUT2D eigenvalue weighted by Crippen LogP contribution is -2.34. The highest BCUT2D eigenvalue weighted by atomic mass is 35.5. The maximum absolute atomic E-state index is 12.2. The lowest BCUT2D eigenvalue weighted by Gasteiger charge is -2.12. The van der Waals surface area contributed by atoms with Crippen molar-refractivity contribution in [2.24, 2.45) is 5.92 Å². The molecule has 0 aliphatic heterocycles. The largest absolute Gasteiger partial charge is 0.348 e. The van der Waals surface area contributed by atoms with Crippen LogP contribution in [0.1, 0.15) is 30.3 Å². The van der Waals surface area contributed by atoms with Gasteiger partial charge in [0.1, 0.15) is 10.8 Å². The minimum Gasteiger partial charge on any atom is -0.348 e. The first-order valence-corrected chi connectivity index (χ1v) is 6.89. The Morgan fingerprint density at radius 3 is 2.89 bits per heavy atom. The zero-order valence-electron chi connectivity index (χ0n) is 10.7. The zero-order valence-corrected chi connectivity index (χ0v) is 11.4. The lowest BCUT2D eigenvalue weighted by molar-refractivity contribution is 0.0931. The highest BCUT2D eigenvalue weighted by Gasteiger charge is 2.29. The standard InChI is InChI=1S/C15H15ClN2O/c1-9(10-6-7-10)17-15(19)13-8-11-4-2-3-5-12(11)14(16)18-13/h2-5,8-10H,6-7H2,1H3,(H,17,19). The Morgan fingerprint density at radius 2 is 2.16 bits per heavy atom. The highest BCUT2D eigenvalue weighted by Crippen LogP contribution is 2.32. The number of amides is 1. The van der Waals surface area contributed by atoms with Crippen molar-refractivity contribution in [3.8, 4) is 0 Å². The first-order chi connectivity index (χ1) is 9.15. The SMILES string of the molecule is CC(NC(=O)c1cc2ccccc2c(Cl)n1)C1CC1. The van der Waals surface area contributed by atoms with Crippen LogP contribution < -0.4 is 5.32 Å². The third-order valence-corrected chi connectivity index (χ3v) is 3.90. The van der Waals surface area contributed by atoms with Crippen LogP contribution in [0.5, 0.6) is 0 Å². The molecular formula is C15H15ClN2O. The molecule has 1 aliphatic rings. The summed E-state index contributed by atoms with van der Waals surface area (Å²) in [5, 5.41) is 5.18. The van der Waals surface area contributed by atoms with Gasteiger partial charge >= 0.3 is 0 Å². The van der Waals surface area contributed by atoms with E-state index in [-0.39, 0.29) is 11.9 Å². The minimum atomic E-state index is -0.146. The first-order valence-electron chi connectivity index (χ1n) is 6.51. The number of nitrogens with zero attached hydrogens (tertiary/aromatic N) is 1. The molecule has 1 aromatic carbocycles. The number of hydrogen-bond donors (Lipinski definition) is 1. The van der Waals surface area contributed by atoms with Crippen LogP contribution in [-0.4, -0.2) is 16.9 Å². The maximum Gasteiger partial charge on any atom is 0.270 e. The fourth-order valence-corrected chi connectivity index (χ4v) is 2.53. The first kappa shape index (κ1) is 12.4. The third kappa shape index (κ3) is 2.56. The van der Waals surface area contributed by atoms with E-state index in [0.29, 0.717) is 16.8 Å². The van der Waals surface area contributed by atoms with Crippen LogP contribution in [0, 0.1) is 5.92 Å². The molecule has 1 amide bonds. The molecule has 3 nitrogen and oxygen atoms in total. The summed E-state index contributed by atoms with van der Waals surface area (Å²) < 4.78 is 0. The van der Waals surface area contributed by atoms with E-state index in [4.69, 9.17) is 11.6 Å².